The van der Waals surface area contributed by atoms with Crippen molar-refractivity contribution in [1.29, 1.82) is 0 Å². The molecule has 1 N–H and O–H groups in total. The zero-order chi connectivity index (χ0) is 21.3. The molecule has 1 unspecified atom stereocenters. The maximum Gasteiger partial charge on any atom is 0.227 e. The molecule has 1 amide bonds. The van der Waals surface area contributed by atoms with Gasteiger partial charge < -0.3 is 5.32 Å². The van der Waals surface area contributed by atoms with E-state index < -0.39 is 0 Å². The average Bonchev–Trinajstić information content (AvgIpc) is 2.75. The Morgan fingerprint density at radius 1 is 1.03 bits per heavy atom. The summed E-state index contributed by atoms with van der Waals surface area (Å²) in [5, 5.41) is 3.84. The van der Waals surface area contributed by atoms with Gasteiger partial charge in [0.1, 0.15) is 11.6 Å². The fourth-order valence-corrected chi connectivity index (χ4v) is 4.65. The summed E-state index contributed by atoms with van der Waals surface area (Å²) in [6.45, 7) is 3.76. The molecule has 0 spiro atoms. The molecule has 0 radical (unpaired) electrons. The summed E-state index contributed by atoms with van der Waals surface area (Å²) in [7, 11) is 0. The monoisotopic (exact) mass is 408 g/mol. The molecule has 2 aromatic carbocycles. The van der Waals surface area contributed by atoms with Gasteiger partial charge in [-0.05, 0) is 98.0 Å². The molecule has 1 aromatic heterocycles. The number of benzene rings is 2. The number of nitrogens with one attached hydrogen (secondary N) is 1. The van der Waals surface area contributed by atoms with Crippen LogP contribution in [0.5, 0.6) is 0 Å². The average molecular weight is 408 g/mol. The number of amides is 1. The van der Waals surface area contributed by atoms with Crippen LogP contribution >= 0.6 is 0 Å². The third kappa shape index (κ3) is 4.20. The molecule has 0 bridgehead atoms. The van der Waals surface area contributed by atoms with Crippen LogP contribution in [0, 0.1) is 30.4 Å². The Kier molecular flexibility index (Phi) is 5.80. The molecule has 1 aliphatic rings. The minimum Gasteiger partial charge on any atom is -0.326 e. The summed E-state index contributed by atoms with van der Waals surface area (Å²) >= 11 is 0. The second-order valence-electron chi connectivity index (χ2n) is 8.41. The van der Waals surface area contributed by atoms with E-state index in [9.17, 15) is 13.6 Å². The molecule has 30 heavy (non-hydrogen) atoms. The lowest BCUT2D eigenvalue weighted by Crippen LogP contribution is -2.29. The Morgan fingerprint density at radius 3 is 2.47 bits per heavy atom. The largest absolute Gasteiger partial charge is 0.326 e. The van der Waals surface area contributed by atoms with Crippen molar-refractivity contribution >= 4 is 22.5 Å². The lowest BCUT2D eigenvalue weighted by molar-refractivity contribution is -0.121. The summed E-state index contributed by atoms with van der Waals surface area (Å²) in [6.07, 6.45) is 5.62. The second kappa shape index (κ2) is 8.50. The van der Waals surface area contributed by atoms with Gasteiger partial charge in [-0.2, -0.15) is 0 Å². The highest BCUT2D eigenvalue weighted by Gasteiger charge is 2.30. The van der Waals surface area contributed by atoms with Crippen LogP contribution in [0.15, 0.2) is 48.7 Å². The maximum absolute atomic E-state index is 13.8. The summed E-state index contributed by atoms with van der Waals surface area (Å²) in [5.74, 6) is -0.0474. The molecule has 0 saturated heterocycles. The van der Waals surface area contributed by atoms with Crippen molar-refractivity contribution in [2.24, 2.45) is 11.8 Å². The molecule has 1 atom stereocenters. The van der Waals surface area contributed by atoms with Crippen LogP contribution in [0.25, 0.3) is 10.9 Å². The Balaban J connectivity index is 1.42. The molecule has 156 valence electrons. The van der Waals surface area contributed by atoms with E-state index in [2.05, 4.69) is 10.3 Å². The van der Waals surface area contributed by atoms with Crippen molar-refractivity contribution in [2.45, 2.75) is 45.4 Å². The first-order chi connectivity index (χ1) is 14.4. The van der Waals surface area contributed by atoms with Crippen LogP contribution in [0.3, 0.4) is 0 Å². The molecule has 3 aromatic rings. The van der Waals surface area contributed by atoms with Gasteiger partial charge in [0, 0.05) is 23.2 Å². The Bertz CT molecular complexity index is 1070. The third-order valence-corrected chi connectivity index (χ3v) is 6.52. The number of nitrogens with zero attached hydrogens (tertiary/aromatic N) is 1. The molecule has 5 heteroatoms. The molecule has 0 aliphatic heterocycles. The quantitative estimate of drug-likeness (QED) is 0.545. The Morgan fingerprint density at radius 2 is 1.73 bits per heavy atom. The standard InChI is InChI=1S/C25H26F2N2O/c1-15-13-19(26)7-9-23(15)29-25(30)16(2)17-3-5-18(6-4-17)21-11-12-28-24-10-8-20(27)14-22(21)24/h7-14,16-18H,3-6H2,1-2H3,(H,29,30). The number of fused-ring (bicyclic) bond motifs is 1. The number of aryl methyl sites for hydroxylation is 1. The summed E-state index contributed by atoms with van der Waals surface area (Å²) in [5.41, 5.74) is 3.35. The van der Waals surface area contributed by atoms with Gasteiger partial charge in [-0.1, -0.05) is 6.92 Å². The number of hydrogen-bond donors (Lipinski definition) is 1. The van der Waals surface area contributed by atoms with E-state index in [1.807, 2.05) is 13.0 Å². The summed E-state index contributed by atoms with van der Waals surface area (Å²) < 4.78 is 27.1. The van der Waals surface area contributed by atoms with Gasteiger partial charge in [-0.25, -0.2) is 8.78 Å². The number of aromatic nitrogens is 1. The minimum atomic E-state index is -0.305. The van der Waals surface area contributed by atoms with Crippen LogP contribution in [0.2, 0.25) is 0 Å². The molecular formula is C25H26F2N2O. The van der Waals surface area contributed by atoms with E-state index in [0.29, 0.717) is 17.5 Å². The van der Waals surface area contributed by atoms with Crippen LogP contribution in [0.1, 0.15) is 49.7 Å². The number of hydrogen-bond acceptors (Lipinski definition) is 2. The first-order valence-electron chi connectivity index (χ1n) is 10.5. The Labute approximate surface area is 175 Å². The number of carbonyl (C=O) groups is 1. The van der Waals surface area contributed by atoms with Crippen molar-refractivity contribution in [3.8, 4) is 0 Å². The van der Waals surface area contributed by atoms with E-state index >= 15 is 0 Å². The van der Waals surface area contributed by atoms with Gasteiger partial charge >= 0.3 is 0 Å². The summed E-state index contributed by atoms with van der Waals surface area (Å²) in [6, 6.07) is 11.1. The van der Waals surface area contributed by atoms with Crippen molar-refractivity contribution < 1.29 is 13.6 Å². The lowest BCUT2D eigenvalue weighted by atomic mass is 9.73. The molecule has 1 aliphatic carbocycles. The summed E-state index contributed by atoms with van der Waals surface area (Å²) in [4.78, 5) is 17.1. The van der Waals surface area contributed by atoms with Crippen molar-refractivity contribution in [2.75, 3.05) is 5.32 Å². The van der Waals surface area contributed by atoms with Gasteiger partial charge in [0.25, 0.3) is 0 Å². The first kappa shape index (κ1) is 20.5. The van der Waals surface area contributed by atoms with Crippen molar-refractivity contribution in [1.82, 2.24) is 4.98 Å². The fraction of sp³-hybridized carbons (Fsp3) is 0.360. The highest BCUT2D eigenvalue weighted by atomic mass is 19.1. The lowest BCUT2D eigenvalue weighted by Gasteiger charge is -2.32. The third-order valence-electron chi connectivity index (χ3n) is 6.52. The van der Waals surface area contributed by atoms with Gasteiger partial charge in [-0.15, -0.1) is 0 Å². The number of halogens is 2. The molecule has 3 nitrogen and oxygen atoms in total. The van der Waals surface area contributed by atoms with E-state index in [0.717, 1.165) is 47.7 Å². The topological polar surface area (TPSA) is 42.0 Å². The van der Waals surface area contributed by atoms with Crippen LogP contribution < -0.4 is 5.32 Å². The van der Waals surface area contributed by atoms with Crippen molar-refractivity contribution in [3.63, 3.8) is 0 Å². The number of carbonyl (C=O) groups excluding carboxylic acids is 1. The van der Waals surface area contributed by atoms with Gasteiger partial charge in [-0.3, -0.25) is 9.78 Å². The molecule has 1 heterocycles. The van der Waals surface area contributed by atoms with E-state index in [-0.39, 0.29) is 23.5 Å². The molecule has 4 rings (SSSR count). The van der Waals surface area contributed by atoms with Crippen molar-refractivity contribution in [3.05, 3.63) is 71.4 Å². The van der Waals surface area contributed by atoms with Crippen LogP contribution in [-0.2, 0) is 4.79 Å². The minimum absolute atomic E-state index is 0.0235. The smallest absolute Gasteiger partial charge is 0.227 e. The van der Waals surface area contributed by atoms with Crippen LogP contribution in [0.4, 0.5) is 14.5 Å². The van der Waals surface area contributed by atoms with Crippen LogP contribution in [-0.4, -0.2) is 10.9 Å². The highest BCUT2D eigenvalue weighted by molar-refractivity contribution is 5.93. The van der Waals surface area contributed by atoms with E-state index in [1.54, 1.807) is 31.3 Å². The second-order valence-corrected chi connectivity index (χ2v) is 8.41. The van der Waals surface area contributed by atoms with Gasteiger partial charge in [0.2, 0.25) is 5.91 Å². The normalized spacial score (nSPS) is 20.1. The predicted octanol–water partition coefficient (Wildman–Crippen LogP) is 6.37. The first-order valence-corrected chi connectivity index (χ1v) is 10.5. The van der Waals surface area contributed by atoms with Gasteiger partial charge in [0.05, 0.1) is 5.52 Å². The Hall–Kier alpha value is -2.82. The number of rotatable bonds is 4. The SMILES string of the molecule is Cc1cc(F)ccc1NC(=O)C(C)C1CCC(c2ccnc3ccc(F)cc23)CC1. The zero-order valence-electron chi connectivity index (χ0n) is 17.3. The predicted molar refractivity (Wildman–Crippen MR) is 115 cm³/mol. The molecular weight excluding hydrogens is 382 g/mol. The van der Waals surface area contributed by atoms with E-state index in [4.69, 9.17) is 0 Å². The highest BCUT2D eigenvalue weighted by Crippen LogP contribution is 2.41. The fourth-order valence-electron chi connectivity index (χ4n) is 4.65. The maximum atomic E-state index is 13.8. The zero-order valence-corrected chi connectivity index (χ0v) is 17.3. The molecule has 1 saturated carbocycles. The number of pyridine rings is 1. The van der Waals surface area contributed by atoms with E-state index in [1.165, 1.54) is 18.2 Å². The molecule has 1 fully saturated rings. The van der Waals surface area contributed by atoms with Gasteiger partial charge in [0.15, 0.2) is 0 Å². The number of anilines is 1.